The zero-order valence-electron chi connectivity index (χ0n) is 6.91. The lowest BCUT2D eigenvalue weighted by atomic mass is 10.2. The average molecular weight is 178 g/mol. The number of thiophene rings is 1. The van der Waals surface area contributed by atoms with E-state index < -0.39 is 0 Å². The van der Waals surface area contributed by atoms with Crippen molar-refractivity contribution in [2.45, 2.75) is 6.61 Å². The first kappa shape index (κ1) is 7.77. The highest BCUT2D eigenvalue weighted by atomic mass is 32.1. The van der Waals surface area contributed by atoms with Crippen LogP contribution in [0.2, 0.25) is 0 Å². The molecule has 1 nitrogen and oxygen atoms in total. The molecular formula is C10H10OS. The fourth-order valence-corrected chi connectivity index (χ4v) is 2.04. The van der Waals surface area contributed by atoms with Crippen molar-refractivity contribution in [3.63, 3.8) is 0 Å². The highest BCUT2D eigenvalue weighted by molar-refractivity contribution is 7.17. The average Bonchev–Trinajstić information content (AvgIpc) is 2.51. The van der Waals surface area contributed by atoms with Crippen molar-refractivity contribution in [1.82, 2.24) is 0 Å². The van der Waals surface area contributed by atoms with E-state index in [9.17, 15) is 0 Å². The molecule has 0 aliphatic heterocycles. The van der Waals surface area contributed by atoms with Crippen LogP contribution in [0.5, 0.6) is 0 Å². The summed E-state index contributed by atoms with van der Waals surface area (Å²) < 4.78 is 6.40. The van der Waals surface area contributed by atoms with E-state index in [4.69, 9.17) is 4.74 Å². The molecule has 2 rings (SSSR count). The van der Waals surface area contributed by atoms with Crippen LogP contribution >= 0.6 is 11.3 Å². The van der Waals surface area contributed by atoms with Crippen molar-refractivity contribution >= 4 is 21.4 Å². The van der Waals surface area contributed by atoms with E-state index in [0.29, 0.717) is 6.61 Å². The summed E-state index contributed by atoms with van der Waals surface area (Å²) >= 11 is 1.77. The van der Waals surface area contributed by atoms with Crippen LogP contribution < -0.4 is 0 Å². The van der Waals surface area contributed by atoms with Crippen LogP contribution in [-0.4, -0.2) is 7.11 Å². The molecule has 0 unspecified atom stereocenters. The van der Waals surface area contributed by atoms with Gasteiger partial charge >= 0.3 is 0 Å². The van der Waals surface area contributed by atoms with Gasteiger partial charge < -0.3 is 4.74 Å². The molecule has 0 saturated heterocycles. The lowest BCUT2D eigenvalue weighted by Gasteiger charge is -1.98. The minimum Gasteiger partial charge on any atom is -0.380 e. The minimum atomic E-state index is 0.700. The smallest absolute Gasteiger partial charge is 0.0713 e. The predicted octanol–water partition coefficient (Wildman–Crippen LogP) is 3.05. The second-order valence-corrected chi connectivity index (χ2v) is 3.67. The lowest BCUT2D eigenvalue weighted by Crippen LogP contribution is -1.85. The van der Waals surface area contributed by atoms with Gasteiger partial charge in [0.1, 0.15) is 0 Å². The van der Waals surface area contributed by atoms with Gasteiger partial charge in [-0.25, -0.2) is 0 Å². The number of rotatable bonds is 2. The fraction of sp³-hybridized carbons (Fsp3) is 0.200. The van der Waals surface area contributed by atoms with Gasteiger partial charge in [-0.2, -0.15) is 0 Å². The molecule has 0 aliphatic rings. The SMILES string of the molecule is COCc1ccc2sccc2c1. The molecule has 1 aromatic heterocycles. The van der Waals surface area contributed by atoms with Gasteiger partial charge in [0.15, 0.2) is 0 Å². The molecule has 0 bridgehead atoms. The molecule has 0 amide bonds. The number of ether oxygens (including phenoxy) is 1. The van der Waals surface area contributed by atoms with Crippen LogP contribution in [0.25, 0.3) is 10.1 Å². The Morgan fingerprint density at radius 3 is 3.08 bits per heavy atom. The molecule has 2 heteroatoms. The summed E-state index contributed by atoms with van der Waals surface area (Å²) in [6, 6.07) is 8.57. The Balaban J connectivity index is 2.46. The molecule has 0 saturated carbocycles. The largest absolute Gasteiger partial charge is 0.380 e. The second-order valence-electron chi connectivity index (χ2n) is 2.73. The van der Waals surface area contributed by atoms with E-state index in [1.54, 1.807) is 18.4 Å². The van der Waals surface area contributed by atoms with Crippen molar-refractivity contribution in [2.24, 2.45) is 0 Å². The van der Waals surface area contributed by atoms with E-state index in [2.05, 4.69) is 29.6 Å². The van der Waals surface area contributed by atoms with Gasteiger partial charge in [-0.15, -0.1) is 11.3 Å². The number of methoxy groups -OCH3 is 1. The van der Waals surface area contributed by atoms with Gasteiger partial charge in [0.2, 0.25) is 0 Å². The molecule has 0 radical (unpaired) electrons. The maximum absolute atomic E-state index is 5.06. The Hall–Kier alpha value is -0.860. The van der Waals surface area contributed by atoms with Gasteiger partial charge in [-0.05, 0) is 34.5 Å². The molecule has 2 aromatic rings. The third-order valence-electron chi connectivity index (χ3n) is 1.83. The summed E-state index contributed by atoms with van der Waals surface area (Å²) in [6.45, 7) is 0.700. The first-order chi connectivity index (χ1) is 5.90. The summed E-state index contributed by atoms with van der Waals surface area (Å²) in [5.74, 6) is 0. The lowest BCUT2D eigenvalue weighted by molar-refractivity contribution is 0.185. The van der Waals surface area contributed by atoms with Crippen LogP contribution in [0.3, 0.4) is 0 Å². The molecule has 62 valence electrons. The summed E-state index contributed by atoms with van der Waals surface area (Å²) in [5.41, 5.74) is 1.24. The molecule has 0 atom stereocenters. The van der Waals surface area contributed by atoms with Crippen LogP contribution in [0.1, 0.15) is 5.56 Å². The van der Waals surface area contributed by atoms with Gasteiger partial charge in [0.25, 0.3) is 0 Å². The van der Waals surface area contributed by atoms with E-state index in [0.717, 1.165) is 0 Å². The monoisotopic (exact) mass is 178 g/mol. The van der Waals surface area contributed by atoms with Crippen molar-refractivity contribution in [3.05, 3.63) is 35.2 Å². The molecule has 0 aliphatic carbocycles. The molecular weight excluding hydrogens is 168 g/mol. The highest BCUT2D eigenvalue weighted by Gasteiger charge is 1.96. The maximum Gasteiger partial charge on any atom is 0.0713 e. The number of hydrogen-bond acceptors (Lipinski definition) is 2. The van der Waals surface area contributed by atoms with E-state index in [1.165, 1.54) is 15.6 Å². The van der Waals surface area contributed by atoms with E-state index in [-0.39, 0.29) is 0 Å². The zero-order chi connectivity index (χ0) is 8.39. The fourth-order valence-electron chi connectivity index (χ4n) is 1.27. The Morgan fingerprint density at radius 2 is 2.25 bits per heavy atom. The van der Waals surface area contributed by atoms with Gasteiger partial charge in [-0.3, -0.25) is 0 Å². The Bertz CT molecular complexity index is 378. The number of hydrogen-bond donors (Lipinski definition) is 0. The Morgan fingerprint density at radius 1 is 1.33 bits per heavy atom. The summed E-state index contributed by atoms with van der Waals surface area (Å²) in [6.07, 6.45) is 0. The Labute approximate surface area is 75.6 Å². The molecule has 12 heavy (non-hydrogen) atoms. The quantitative estimate of drug-likeness (QED) is 0.686. The van der Waals surface area contributed by atoms with Crippen LogP contribution in [-0.2, 0) is 11.3 Å². The van der Waals surface area contributed by atoms with Crippen molar-refractivity contribution < 1.29 is 4.74 Å². The topological polar surface area (TPSA) is 9.23 Å². The molecule has 1 aromatic carbocycles. The van der Waals surface area contributed by atoms with Crippen molar-refractivity contribution in [1.29, 1.82) is 0 Å². The summed E-state index contributed by atoms with van der Waals surface area (Å²) in [7, 11) is 1.72. The molecule has 1 heterocycles. The van der Waals surface area contributed by atoms with Gasteiger partial charge in [0.05, 0.1) is 6.61 Å². The zero-order valence-corrected chi connectivity index (χ0v) is 7.73. The highest BCUT2D eigenvalue weighted by Crippen LogP contribution is 2.21. The number of fused-ring (bicyclic) bond motifs is 1. The molecule has 0 fully saturated rings. The van der Waals surface area contributed by atoms with Crippen molar-refractivity contribution in [2.75, 3.05) is 7.11 Å². The number of benzene rings is 1. The second kappa shape index (κ2) is 3.25. The van der Waals surface area contributed by atoms with Crippen LogP contribution in [0.4, 0.5) is 0 Å². The normalized spacial score (nSPS) is 10.8. The van der Waals surface area contributed by atoms with Crippen LogP contribution in [0, 0.1) is 0 Å². The van der Waals surface area contributed by atoms with E-state index in [1.807, 2.05) is 0 Å². The van der Waals surface area contributed by atoms with Crippen LogP contribution in [0.15, 0.2) is 29.6 Å². The van der Waals surface area contributed by atoms with Gasteiger partial charge in [0, 0.05) is 11.8 Å². The van der Waals surface area contributed by atoms with Gasteiger partial charge in [-0.1, -0.05) is 6.07 Å². The maximum atomic E-state index is 5.06. The Kier molecular flexibility index (Phi) is 2.11. The third kappa shape index (κ3) is 1.36. The molecule has 0 N–H and O–H groups in total. The predicted molar refractivity (Wildman–Crippen MR) is 52.5 cm³/mol. The van der Waals surface area contributed by atoms with Crippen molar-refractivity contribution in [3.8, 4) is 0 Å². The summed E-state index contributed by atoms with van der Waals surface area (Å²) in [5, 5.41) is 3.43. The van der Waals surface area contributed by atoms with E-state index >= 15 is 0 Å². The molecule has 0 spiro atoms. The first-order valence-corrected chi connectivity index (χ1v) is 4.73. The minimum absolute atomic E-state index is 0.700. The third-order valence-corrected chi connectivity index (χ3v) is 2.73. The standard InChI is InChI=1S/C10H10OS/c1-11-7-8-2-3-10-9(6-8)4-5-12-10/h2-6H,7H2,1H3. The summed E-state index contributed by atoms with van der Waals surface area (Å²) in [4.78, 5) is 0. The first-order valence-electron chi connectivity index (χ1n) is 3.85.